The number of rotatable bonds is 2. The molecule has 0 saturated heterocycles. The predicted octanol–water partition coefficient (Wildman–Crippen LogP) is 1.98. The van der Waals surface area contributed by atoms with Crippen LogP contribution in [0.25, 0.3) is 0 Å². The van der Waals surface area contributed by atoms with E-state index < -0.39 is 5.60 Å². The lowest BCUT2D eigenvalue weighted by molar-refractivity contribution is 0.0257. The Morgan fingerprint density at radius 2 is 2.25 bits per heavy atom. The Morgan fingerprint density at radius 1 is 1.67 bits per heavy atom. The van der Waals surface area contributed by atoms with Gasteiger partial charge in [0.1, 0.15) is 4.60 Å². The van der Waals surface area contributed by atoms with Gasteiger partial charge in [0, 0.05) is 6.20 Å². The van der Waals surface area contributed by atoms with Gasteiger partial charge in [0.15, 0.2) is 0 Å². The van der Waals surface area contributed by atoms with Crippen LogP contribution in [0.3, 0.4) is 0 Å². The molecule has 4 heteroatoms. The molecule has 1 heterocycles. The average molecular weight is 233 g/mol. The lowest BCUT2D eigenvalue weighted by atomic mass is 10.0. The third-order valence-corrected chi connectivity index (χ3v) is 2.42. The van der Waals surface area contributed by atoms with Crippen molar-refractivity contribution in [2.45, 2.75) is 32.4 Å². The molecule has 68 valence electrons. The molecule has 1 N–H and O–H groups in total. The van der Waals surface area contributed by atoms with Crippen LogP contribution in [0.5, 0.6) is 0 Å². The molecular weight excluding hydrogens is 220 g/mol. The normalized spacial score (nSPS) is 14.8. The average Bonchev–Trinajstić information content (AvgIpc) is 2.32. The van der Waals surface area contributed by atoms with Crippen molar-refractivity contribution in [3.05, 3.63) is 16.9 Å². The van der Waals surface area contributed by atoms with Crippen LogP contribution in [0, 0.1) is 0 Å². The van der Waals surface area contributed by atoms with Crippen LogP contribution in [0.2, 0.25) is 0 Å². The summed E-state index contributed by atoms with van der Waals surface area (Å²) in [5.74, 6) is 0. The van der Waals surface area contributed by atoms with Crippen molar-refractivity contribution in [2.24, 2.45) is 0 Å². The van der Waals surface area contributed by atoms with Crippen molar-refractivity contribution in [3.63, 3.8) is 0 Å². The Kier molecular flexibility index (Phi) is 2.58. The van der Waals surface area contributed by atoms with Crippen LogP contribution in [0.4, 0.5) is 0 Å². The fraction of sp³-hybridized carbons (Fsp3) is 0.625. The van der Waals surface area contributed by atoms with Gasteiger partial charge < -0.3 is 5.11 Å². The van der Waals surface area contributed by atoms with Crippen LogP contribution in [0.1, 0.15) is 26.8 Å². The highest BCUT2D eigenvalue weighted by Gasteiger charge is 2.24. The summed E-state index contributed by atoms with van der Waals surface area (Å²) >= 11 is 3.25. The van der Waals surface area contributed by atoms with Crippen molar-refractivity contribution in [1.29, 1.82) is 0 Å². The molecule has 1 aromatic heterocycles. The first-order valence-electron chi connectivity index (χ1n) is 3.84. The quantitative estimate of drug-likeness (QED) is 0.848. The molecule has 1 aromatic rings. The van der Waals surface area contributed by atoms with E-state index in [1.165, 1.54) is 0 Å². The van der Waals surface area contributed by atoms with Gasteiger partial charge in [-0.25, -0.2) is 0 Å². The topological polar surface area (TPSA) is 38.0 Å². The summed E-state index contributed by atoms with van der Waals surface area (Å²) in [6, 6.07) is 1.83. The molecule has 1 unspecified atom stereocenters. The predicted molar refractivity (Wildman–Crippen MR) is 50.9 cm³/mol. The molecule has 0 aliphatic rings. The van der Waals surface area contributed by atoms with Gasteiger partial charge in [-0.15, -0.1) is 0 Å². The van der Waals surface area contributed by atoms with Crippen LogP contribution >= 0.6 is 15.9 Å². The second-order valence-corrected chi connectivity index (χ2v) is 4.26. The maximum absolute atomic E-state index is 9.67. The Hall–Kier alpha value is -0.350. The SMILES string of the molecule is CC(n1ccc(Br)n1)C(C)(C)O. The third-order valence-electron chi connectivity index (χ3n) is 1.99. The minimum absolute atomic E-state index is 0.0243. The summed E-state index contributed by atoms with van der Waals surface area (Å²) in [7, 11) is 0. The minimum atomic E-state index is -0.745. The fourth-order valence-corrected chi connectivity index (χ4v) is 1.16. The molecule has 0 bridgehead atoms. The number of nitrogens with zero attached hydrogens (tertiary/aromatic N) is 2. The molecule has 1 atom stereocenters. The Balaban J connectivity index is 2.85. The lowest BCUT2D eigenvalue weighted by Gasteiger charge is -2.25. The zero-order chi connectivity index (χ0) is 9.35. The largest absolute Gasteiger partial charge is 0.388 e. The second-order valence-electron chi connectivity index (χ2n) is 3.45. The molecule has 3 nitrogen and oxygen atoms in total. The Labute approximate surface area is 80.5 Å². The van der Waals surface area contributed by atoms with E-state index in [0.29, 0.717) is 0 Å². The highest BCUT2D eigenvalue weighted by atomic mass is 79.9. The number of aromatic nitrogens is 2. The smallest absolute Gasteiger partial charge is 0.128 e. The number of aliphatic hydroxyl groups is 1. The molecule has 0 aliphatic heterocycles. The molecule has 0 aromatic carbocycles. The zero-order valence-corrected chi connectivity index (χ0v) is 9.04. The van der Waals surface area contributed by atoms with Crippen LogP contribution in [0.15, 0.2) is 16.9 Å². The second kappa shape index (κ2) is 3.18. The number of hydrogen-bond acceptors (Lipinski definition) is 2. The molecule has 0 radical (unpaired) electrons. The molecule has 0 amide bonds. The van der Waals surface area contributed by atoms with E-state index in [9.17, 15) is 5.11 Å². The van der Waals surface area contributed by atoms with Gasteiger partial charge in [-0.1, -0.05) is 0 Å². The van der Waals surface area contributed by atoms with E-state index in [-0.39, 0.29) is 6.04 Å². The van der Waals surface area contributed by atoms with Crippen molar-refractivity contribution in [2.75, 3.05) is 0 Å². The van der Waals surface area contributed by atoms with E-state index >= 15 is 0 Å². The standard InChI is InChI=1S/C8H13BrN2O/c1-6(8(2,3)12)11-5-4-7(9)10-11/h4-6,12H,1-3H3. The van der Waals surface area contributed by atoms with E-state index in [2.05, 4.69) is 21.0 Å². The zero-order valence-electron chi connectivity index (χ0n) is 7.45. The van der Waals surface area contributed by atoms with Crippen molar-refractivity contribution >= 4 is 15.9 Å². The summed E-state index contributed by atoms with van der Waals surface area (Å²) < 4.78 is 2.53. The maximum atomic E-state index is 9.67. The highest BCUT2D eigenvalue weighted by molar-refractivity contribution is 9.10. The van der Waals surface area contributed by atoms with Gasteiger partial charge in [0.2, 0.25) is 0 Å². The first kappa shape index (κ1) is 9.74. The summed E-state index contributed by atoms with van der Waals surface area (Å²) in [6.45, 7) is 5.47. The summed E-state index contributed by atoms with van der Waals surface area (Å²) in [4.78, 5) is 0. The van der Waals surface area contributed by atoms with E-state index in [4.69, 9.17) is 0 Å². The molecule has 12 heavy (non-hydrogen) atoms. The van der Waals surface area contributed by atoms with Gasteiger partial charge in [0.05, 0.1) is 11.6 Å². The van der Waals surface area contributed by atoms with Crippen LogP contribution < -0.4 is 0 Å². The summed E-state index contributed by atoms with van der Waals surface area (Å²) in [5.41, 5.74) is -0.745. The molecule has 0 fully saturated rings. The minimum Gasteiger partial charge on any atom is -0.388 e. The number of halogens is 1. The van der Waals surface area contributed by atoms with Crippen molar-refractivity contribution < 1.29 is 5.11 Å². The summed E-state index contributed by atoms with van der Waals surface area (Å²) in [6.07, 6.45) is 1.84. The fourth-order valence-electron chi connectivity index (χ4n) is 0.854. The van der Waals surface area contributed by atoms with E-state index in [1.54, 1.807) is 18.5 Å². The molecule has 1 rings (SSSR count). The monoisotopic (exact) mass is 232 g/mol. The maximum Gasteiger partial charge on any atom is 0.128 e. The Morgan fingerprint density at radius 3 is 2.58 bits per heavy atom. The van der Waals surface area contributed by atoms with E-state index in [1.807, 2.05) is 19.2 Å². The molecule has 0 saturated carbocycles. The molecule has 0 spiro atoms. The number of hydrogen-bond donors (Lipinski definition) is 1. The molecule has 0 aliphatic carbocycles. The first-order chi connectivity index (χ1) is 5.41. The molecular formula is C8H13BrN2O. The van der Waals surface area contributed by atoms with Gasteiger partial charge in [0.25, 0.3) is 0 Å². The van der Waals surface area contributed by atoms with E-state index in [0.717, 1.165) is 4.60 Å². The van der Waals surface area contributed by atoms with Gasteiger partial charge in [-0.3, -0.25) is 4.68 Å². The first-order valence-corrected chi connectivity index (χ1v) is 4.63. The summed E-state index contributed by atoms with van der Waals surface area (Å²) in [5, 5.41) is 13.8. The van der Waals surface area contributed by atoms with Crippen molar-refractivity contribution in [3.8, 4) is 0 Å². The van der Waals surface area contributed by atoms with Crippen molar-refractivity contribution in [1.82, 2.24) is 9.78 Å². The van der Waals surface area contributed by atoms with Gasteiger partial charge >= 0.3 is 0 Å². The van der Waals surface area contributed by atoms with Crippen LogP contribution in [-0.2, 0) is 0 Å². The third kappa shape index (κ3) is 2.08. The van der Waals surface area contributed by atoms with Crippen LogP contribution in [-0.4, -0.2) is 20.5 Å². The lowest BCUT2D eigenvalue weighted by Crippen LogP contribution is -2.31. The van der Waals surface area contributed by atoms with Gasteiger partial charge in [-0.2, -0.15) is 5.10 Å². The highest BCUT2D eigenvalue weighted by Crippen LogP contribution is 2.21. The Bertz CT molecular complexity index is 264. The van der Waals surface area contributed by atoms with Gasteiger partial charge in [-0.05, 0) is 42.8 Å².